The molecule has 1 aliphatic heterocycles. The van der Waals surface area contributed by atoms with Gasteiger partial charge in [-0.2, -0.15) is 0 Å². The molecule has 0 aliphatic carbocycles. The first-order valence-corrected chi connectivity index (χ1v) is 9.12. The number of nitrogens with zero attached hydrogens (tertiary/aromatic N) is 3. The number of H-pyrrole nitrogens is 1. The minimum atomic E-state index is 0.0950. The molecule has 6 heteroatoms. The molecule has 136 valence electrons. The average Bonchev–Trinajstić information content (AvgIpc) is 2.96. The molecule has 0 unspecified atom stereocenters. The summed E-state index contributed by atoms with van der Waals surface area (Å²) in [6, 6.07) is 6.39. The van der Waals surface area contributed by atoms with Crippen LogP contribution in [0, 0.1) is 0 Å². The number of pyridine rings is 1. The Kier molecular flexibility index (Phi) is 3.95. The molecule has 6 nitrogen and oxygen atoms in total. The van der Waals surface area contributed by atoms with Gasteiger partial charge < -0.3 is 15.6 Å². The van der Waals surface area contributed by atoms with Gasteiger partial charge in [-0.25, -0.2) is 15.0 Å². The molecule has 0 aromatic carbocycles. The summed E-state index contributed by atoms with van der Waals surface area (Å²) in [5.41, 5.74) is 3.01. The number of aromatic nitrogens is 4. The van der Waals surface area contributed by atoms with E-state index in [1.165, 1.54) is 0 Å². The third-order valence-electron chi connectivity index (χ3n) is 4.94. The SMILES string of the molecule is CC1(C)CC(Nc2cc(-c3c[nH]c4ncccc34)ncn2)CC(C)(C)N1. The minimum absolute atomic E-state index is 0.0950. The first-order chi connectivity index (χ1) is 12.3. The molecule has 3 N–H and O–H groups in total. The summed E-state index contributed by atoms with van der Waals surface area (Å²) in [6.45, 7) is 9.03. The number of piperidine rings is 1. The van der Waals surface area contributed by atoms with E-state index in [9.17, 15) is 0 Å². The summed E-state index contributed by atoms with van der Waals surface area (Å²) in [7, 11) is 0. The number of aromatic amines is 1. The van der Waals surface area contributed by atoms with E-state index >= 15 is 0 Å². The van der Waals surface area contributed by atoms with Gasteiger partial charge in [-0.15, -0.1) is 0 Å². The van der Waals surface area contributed by atoms with Crippen molar-refractivity contribution in [2.24, 2.45) is 0 Å². The number of rotatable bonds is 3. The Hall–Kier alpha value is -2.47. The zero-order valence-corrected chi connectivity index (χ0v) is 15.8. The Morgan fingerprint density at radius 2 is 1.85 bits per heavy atom. The van der Waals surface area contributed by atoms with E-state index in [0.29, 0.717) is 6.04 Å². The molecule has 0 atom stereocenters. The lowest BCUT2D eigenvalue weighted by atomic mass is 9.79. The Morgan fingerprint density at radius 3 is 2.62 bits per heavy atom. The Morgan fingerprint density at radius 1 is 1.08 bits per heavy atom. The number of nitrogens with one attached hydrogen (secondary N) is 3. The van der Waals surface area contributed by atoms with Gasteiger partial charge in [0.25, 0.3) is 0 Å². The summed E-state index contributed by atoms with van der Waals surface area (Å²) < 4.78 is 0. The van der Waals surface area contributed by atoms with Crippen molar-refractivity contribution in [3.63, 3.8) is 0 Å². The van der Waals surface area contributed by atoms with Crippen LogP contribution >= 0.6 is 0 Å². The maximum Gasteiger partial charge on any atom is 0.137 e. The monoisotopic (exact) mass is 350 g/mol. The third kappa shape index (κ3) is 3.42. The molecule has 0 spiro atoms. The first-order valence-electron chi connectivity index (χ1n) is 9.12. The third-order valence-corrected chi connectivity index (χ3v) is 4.94. The Labute approximate surface area is 153 Å². The molecule has 0 saturated carbocycles. The summed E-state index contributed by atoms with van der Waals surface area (Å²) in [4.78, 5) is 16.5. The lowest BCUT2D eigenvalue weighted by molar-refractivity contribution is 0.170. The van der Waals surface area contributed by atoms with Crippen LogP contribution in [-0.4, -0.2) is 37.1 Å². The van der Waals surface area contributed by atoms with Crippen LogP contribution < -0.4 is 10.6 Å². The predicted octanol–water partition coefficient (Wildman–Crippen LogP) is 3.74. The fraction of sp³-hybridized carbons (Fsp3) is 0.450. The quantitative estimate of drug-likeness (QED) is 0.671. The molecule has 3 aromatic heterocycles. The number of hydrogen-bond acceptors (Lipinski definition) is 5. The van der Waals surface area contributed by atoms with Gasteiger partial charge in [-0.05, 0) is 52.7 Å². The van der Waals surface area contributed by atoms with Crippen LogP contribution in [0.2, 0.25) is 0 Å². The van der Waals surface area contributed by atoms with E-state index < -0.39 is 0 Å². The molecule has 3 aromatic rings. The lowest BCUT2D eigenvalue weighted by Gasteiger charge is -2.46. The maximum absolute atomic E-state index is 4.47. The van der Waals surface area contributed by atoms with Crippen LogP contribution in [0.1, 0.15) is 40.5 Å². The topological polar surface area (TPSA) is 78.5 Å². The molecule has 0 amide bonds. The van der Waals surface area contributed by atoms with Crippen LogP contribution in [0.4, 0.5) is 5.82 Å². The van der Waals surface area contributed by atoms with E-state index in [1.54, 1.807) is 12.5 Å². The van der Waals surface area contributed by atoms with Crippen molar-refractivity contribution in [1.82, 2.24) is 25.3 Å². The standard InChI is InChI=1S/C20H26N6/c1-19(2)9-13(10-20(3,4)26-19)25-17-8-16(23-12-24-17)15-11-22-18-14(15)6-5-7-21-18/h5-8,11-13,26H,9-10H2,1-4H3,(H,21,22)(H,23,24,25). The molecular weight excluding hydrogens is 324 g/mol. The highest BCUT2D eigenvalue weighted by molar-refractivity contribution is 5.92. The fourth-order valence-corrected chi connectivity index (χ4v) is 4.38. The van der Waals surface area contributed by atoms with Crippen LogP contribution in [0.3, 0.4) is 0 Å². The van der Waals surface area contributed by atoms with Gasteiger partial charge in [-0.3, -0.25) is 0 Å². The Balaban J connectivity index is 1.60. The molecule has 1 saturated heterocycles. The van der Waals surface area contributed by atoms with Crippen molar-refractivity contribution in [3.8, 4) is 11.3 Å². The van der Waals surface area contributed by atoms with Crippen molar-refractivity contribution in [2.75, 3.05) is 5.32 Å². The predicted molar refractivity (Wildman–Crippen MR) is 105 cm³/mol. The summed E-state index contributed by atoms with van der Waals surface area (Å²) in [6.07, 6.45) is 7.47. The van der Waals surface area contributed by atoms with Gasteiger partial charge in [0, 0.05) is 46.5 Å². The van der Waals surface area contributed by atoms with Crippen molar-refractivity contribution in [3.05, 3.63) is 36.9 Å². The molecule has 26 heavy (non-hydrogen) atoms. The van der Waals surface area contributed by atoms with Crippen molar-refractivity contribution >= 4 is 16.9 Å². The number of fused-ring (bicyclic) bond motifs is 1. The van der Waals surface area contributed by atoms with Crippen molar-refractivity contribution in [1.29, 1.82) is 0 Å². The average molecular weight is 350 g/mol. The zero-order valence-electron chi connectivity index (χ0n) is 15.8. The van der Waals surface area contributed by atoms with E-state index in [-0.39, 0.29) is 11.1 Å². The first kappa shape index (κ1) is 17.0. The zero-order chi connectivity index (χ0) is 18.4. The summed E-state index contributed by atoms with van der Waals surface area (Å²) in [5.74, 6) is 0.867. The summed E-state index contributed by atoms with van der Waals surface area (Å²) >= 11 is 0. The molecule has 0 radical (unpaired) electrons. The van der Waals surface area contributed by atoms with Crippen molar-refractivity contribution < 1.29 is 0 Å². The molecular formula is C20H26N6. The lowest BCUT2D eigenvalue weighted by Crippen LogP contribution is -2.60. The summed E-state index contributed by atoms with van der Waals surface area (Å²) in [5, 5.41) is 8.41. The van der Waals surface area contributed by atoms with Crippen LogP contribution in [-0.2, 0) is 0 Å². The van der Waals surface area contributed by atoms with Crippen molar-refractivity contribution in [2.45, 2.75) is 57.7 Å². The highest BCUT2D eigenvalue weighted by atomic mass is 15.1. The van der Waals surface area contributed by atoms with Gasteiger partial charge in [0.1, 0.15) is 17.8 Å². The molecule has 4 rings (SSSR count). The minimum Gasteiger partial charge on any atom is -0.367 e. The van der Waals surface area contributed by atoms with E-state index in [1.807, 2.05) is 18.3 Å². The normalized spacial score (nSPS) is 19.5. The second kappa shape index (κ2) is 6.06. The molecule has 1 fully saturated rings. The van der Waals surface area contributed by atoms with Crippen LogP contribution in [0.25, 0.3) is 22.3 Å². The number of anilines is 1. The van der Waals surface area contributed by atoms with Crippen LogP contribution in [0.5, 0.6) is 0 Å². The smallest absolute Gasteiger partial charge is 0.137 e. The fourth-order valence-electron chi connectivity index (χ4n) is 4.38. The second-order valence-corrected chi connectivity index (χ2v) is 8.53. The van der Waals surface area contributed by atoms with E-state index in [4.69, 9.17) is 0 Å². The van der Waals surface area contributed by atoms with Gasteiger partial charge in [0.05, 0.1) is 5.69 Å². The van der Waals surface area contributed by atoms with Gasteiger partial charge in [0.2, 0.25) is 0 Å². The molecule has 0 bridgehead atoms. The molecule has 4 heterocycles. The molecule has 1 aliphatic rings. The van der Waals surface area contributed by atoms with E-state index in [2.05, 4.69) is 64.3 Å². The highest BCUT2D eigenvalue weighted by Crippen LogP contribution is 2.31. The largest absolute Gasteiger partial charge is 0.367 e. The number of hydrogen-bond donors (Lipinski definition) is 3. The highest BCUT2D eigenvalue weighted by Gasteiger charge is 2.37. The second-order valence-electron chi connectivity index (χ2n) is 8.53. The van der Waals surface area contributed by atoms with Gasteiger partial charge in [0.15, 0.2) is 0 Å². The van der Waals surface area contributed by atoms with E-state index in [0.717, 1.165) is 41.0 Å². The van der Waals surface area contributed by atoms with Gasteiger partial charge in [-0.1, -0.05) is 0 Å². The maximum atomic E-state index is 4.47. The Bertz CT molecular complexity index is 911. The van der Waals surface area contributed by atoms with Gasteiger partial charge >= 0.3 is 0 Å². The van der Waals surface area contributed by atoms with Crippen LogP contribution in [0.15, 0.2) is 36.9 Å².